The Bertz CT molecular complexity index is 1200. The van der Waals surface area contributed by atoms with Crippen LogP contribution in [0, 0.1) is 0 Å². The highest BCUT2D eigenvalue weighted by Crippen LogP contribution is 2.50. The molecule has 2 heterocycles. The van der Waals surface area contributed by atoms with Crippen molar-refractivity contribution in [3.05, 3.63) is 51.8 Å². The fraction of sp³-hybridized carbons (Fsp3) is 0.500. The zero-order valence-corrected chi connectivity index (χ0v) is 19.4. The molecule has 2 saturated carbocycles. The standard InChI is InChI=1S/C22H25ClN4O4S/c1-26-19-17(18(25-26)20(28)24-12-14-2-4-15(23)5-3-14)8-11-27(21(19)29)13-22(9-10-22)32(30,31)16-6-7-16/h2-5,16H,6-13H2,1H3,(H,24,28). The minimum Gasteiger partial charge on any atom is -0.347 e. The molecule has 10 heteroatoms. The van der Waals surface area contributed by atoms with Crippen LogP contribution in [0.1, 0.15) is 57.8 Å². The van der Waals surface area contributed by atoms with Gasteiger partial charge in [0.1, 0.15) is 5.69 Å². The number of benzene rings is 1. The molecule has 1 N–H and O–H groups in total. The Labute approximate surface area is 191 Å². The molecule has 32 heavy (non-hydrogen) atoms. The highest BCUT2D eigenvalue weighted by atomic mass is 35.5. The van der Waals surface area contributed by atoms with Crippen molar-refractivity contribution in [1.82, 2.24) is 20.0 Å². The van der Waals surface area contributed by atoms with Gasteiger partial charge in [-0.05, 0) is 49.8 Å². The fourth-order valence-corrected chi connectivity index (χ4v) is 7.12. The number of carbonyl (C=O) groups excluding carboxylic acids is 2. The van der Waals surface area contributed by atoms with Crippen LogP contribution >= 0.6 is 11.6 Å². The maximum atomic E-state index is 13.2. The smallest absolute Gasteiger partial charge is 0.272 e. The molecule has 2 amide bonds. The lowest BCUT2D eigenvalue weighted by molar-refractivity contribution is 0.0724. The first-order chi connectivity index (χ1) is 15.2. The third-order valence-electron chi connectivity index (χ3n) is 6.70. The van der Waals surface area contributed by atoms with Crippen molar-refractivity contribution in [3.8, 4) is 0 Å². The van der Waals surface area contributed by atoms with Crippen molar-refractivity contribution in [2.75, 3.05) is 13.1 Å². The molecule has 0 radical (unpaired) electrons. The van der Waals surface area contributed by atoms with Crippen molar-refractivity contribution in [3.63, 3.8) is 0 Å². The number of carbonyl (C=O) groups is 2. The van der Waals surface area contributed by atoms with Crippen LogP contribution in [0.2, 0.25) is 5.02 Å². The monoisotopic (exact) mass is 476 g/mol. The number of aryl methyl sites for hydroxylation is 1. The summed E-state index contributed by atoms with van der Waals surface area (Å²) in [5, 5.41) is 7.57. The van der Waals surface area contributed by atoms with Crippen LogP contribution in [-0.2, 0) is 29.9 Å². The number of aromatic nitrogens is 2. The van der Waals surface area contributed by atoms with E-state index in [4.69, 9.17) is 11.6 Å². The minimum atomic E-state index is -3.20. The van der Waals surface area contributed by atoms with Crippen molar-refractivity contribution in [2.24, 2.45) is 7.05 Å². The Morgan fingerprint density at radius 3 is 2.56 bits per heavy atom. The summed E-state index contributed by atoms with van der Waals surface area (Å²) in [6.45, 7) is 0.938. The molecule has 2 aromatic rings. The fourth-order valence-electron chi connectivity index (χ4n) is 4.52. The Morgan fingerprint density at radius 2 is 1.94 bits per heavy atom. The van der Waals surface area contributed by atoms with Gasteiger partial charge in [-0.2, -0.15) is 5.10 Å². The maximum Gasteiger partial charge on any atom is 0.272 e. The molecule has 3 aliphatic rings. The van der Waals surface area contributed by atoms with Gasteiger partial charge in [0.25, 0.3) is 11.8 Å². The molecule has 0 saturated heterocycles. The average molecular weight is 477 g/mol. The van der Waals surface area contributed by atoms with Crippen molar-refractivity contribution < 1.29 is 18.0 Å². The molecule has 0 unspecified atom stereocenters. The quantitative estimate of drug-likeness (QED) is 0.659. The van der Waals surface area contributed by atoms with Gasteiger partial charge in [-0.25, -0.2) is 8.42 Å². The summed E-state index contributed by atoms with van der Waals surface area (Å²) >= 11 is 5.90. The van der Waals surface area contributed by atoms with Gasteiger partial charge >= 0.3 is 0 Å². The van der Waals surface area contributed by atoms with E-state index < -0.39 is 14.6 Å². The molecule has 170 valence electrons. The zero-order chi connectivity index (χ0) is 22.7. The van der Waals surface area contributed by atoms with Gasteiger partial charge < -0.3 is 10.2 Å². The molecule has 1 aliphatic heterocycles. The molecule has 5 rings (SSSR count). The summed E-state index contributed by atoms with van der Waals surface area (Å²) in [4.78, 5) is 27.7. The van der Waals surface area contributed by atoms with Crippen molar-refractivity contribution >= 4 is 33.3 Å². The Morgan fingerprint density at radius 1 is 1.25 bits per heavy atom. The SMILES string of the molecule is Cn1nc(C(=O)NCc2ccc(Cl)cc2)c2c1C(=O)N(CC1(S(=O)(=O)C3CC3)CC1)CC2. The van der Waals surface area contributed by atoms with Crippen LogP contribution in [0.25, 0.3) is 0 Å². The van der Waals surface area contributed by atoms with Gasteiger partial charge in [0.2, 0.25) is 0 Å². The van der Waals surface area contributed by atoms with Gasteiger partial charge in [0.05, 0.1) is 10.00 Å². The third kappa shape index (κ3) is 3.61. The number of hydrogen-bond acceptors (Lipinski definition) is 5. The lowest BCUT2D eigenvalue weighted by Gasteiger charge is -2.31. The van der Waals surface area contributed by atoms with Gasteiger partial charge in [0.15, 0.2) is 15.5 Å². The van der Waals surface area contributed by atoms with Gasteiger partial charge in [-0.15, -0.1) is 0 Å². The second-order valence-electron chi connectivity index (χ2n) is 9.01. The van der Waals surface area contributed by atoms with Crippen LogP contribution in [0.3, 0.4) is 0 Å². The lowest BCUT2D eigenvalue weighted by atomic mass is 10.0. The summed E-state index contributed by atoms with van der Waals surface area (Å²) in [7, 11) is -1.55. The molecule has 1 aromatic heterocycles. The predicted octanol–water partition coefficient (Wildman–Crippen LogP) is 2.11. The molecule has 0 spiro atoms. The van der Waals surface area contributed by atoms with E-state index in [-0.39, 0.29) is 29.3 Å². The van der Waals surface area contributed by atoms with Crippen LogP contribution < -0.4 is 5.32 Å². The van der Waals surface area contributed by atoms with Crippen LogP contribution in [0.5, 0.6) is 0 Å². The van der Waals surface area contributed by atoms with Gasteiger partial charge in [-0.1, -0.05) is 23.7 Å². The van der Waals surface area contributed by atoms with Crippen LogP contribution in [0.4, 0.5) is 0 Å². The largest absolute Gasteiger partial charge is 0.347 e. The summed E-state index contributed by atoms with van der Waals surface area (Å²) in [5.41, 5.74) is 2.14. The van der Waals surface area contributed by atoms with E-state index in [2.05, 4.69) is 10.4 Å². The number of amides is 2. The summed E-state index contributed by atoms with van der Waals surface area (Å²) in [6.07, 6.45) is 3.17. The number of hydrogen-bond donors (Lipinski definition) is 1. The minimum absolute atomic E-state index is 0.229. The highest BCUT2D eigenvalue weighted by molar-refractivity contribution is 7.94. The first-order valence-electron chi connectivity index (χ1n) is 10.8. The molecular weight excluding hydrogens is 452 g/mol. The second kappa shape index (κ2) is 7.59. The predicted molar refractivity (Wildman–Crippen MR) is 119 cm³/mol. The zero-order valence-electron chi connectivity index (χ0n) is 17.8. The van der Waals surface area contributed by atoms with Gasteiger partial charge in [-0.3, -0.25) is 14.3 Å². The number of nitrogens with zero attached hydrogens (tertiary/aromatic N) is 3. The molecule has 0 bridgehead atoms. The summed E-state index contributed by atoms with van der Waals surface area (Å²) < 4.78 is 26.4. The molecule has 8 nitrogen and oxygen atoms in total. The maximum absolute atomic E-state index is 13.2. The van der Waals surface area contributed by atoms with E-state index >= 15 is 0 Å². The van der Waals surface area contributed by atoms with E-state index in [0.29, 0.717) is 48.6 Å². The van der Waals surface area contributed by atoms with E-state index in [1.54, 1.807) is 24.1 Å². The van der Waals surface area contributed by atoms with E-state index in [9.17, 15) is 18.0 Å². The second-order valence-corrected chi connectivity index (χ2v) is 12.1. The number of fused-ring (bicyclic) bond motifs is 1. The lowest BCUT2D eigenvalue weighted by Crippen LogP contribution is -2.46. The molecule has 2 aliphatic carbocycles. The Kier molecular flexibility index (Phi) is 5.09. The molecule has 0 atom stereocenters. The van der Waals surface area contributed by atoms with Crippen molar-refractivity contribution in [2.45, 2.75) is 48.6 Å². The normalized spacial score (nSPS) is 19.6. The summed E-state index contributed by atoms with van der Waals surface area (Å²) in [5.74, 6) is -0.594. The molecule has 1 aromatic carbocycles. The first-order valence-corrected chi connectivity index (χ1v) is 12.8. The van der Waals surface area contributed by atoms with E-state index in [0.717, 1.165) is 18.4 Å². The Balaban J connectivity index is 1.31. The van der Waals surface area contributed by atoms with Gasteiger partial charge in [0, 0.05) is 37.3 Å². The molecule has 2 fully saturated rings. The number of halogens is 1. The van der Waals surface area contributed by atoms with Crippen LogP contribution in [-0.4, -0.2) is 58.0 Å². The van der Waals surface area contributed by atoms with E-state index in [1.165, 1.54) is 4.68 Å². The Hall–Kier alpha value is -2.39. The van der Waals surface area contributed by atoms with Crippen LogP contribution in [0.15, 0.2) is 24.3 Å². The number of sulfone groups is 1. The third-order valence-corrected chi connectivity index (χ3v) is 10.0. The highest BCUT2D eigenvalue weighted by Gasteiger charge is 2.60. The summed E-state index contributed by atoms with van der Waals surface area (Å²) in [6, 6.07) is 7.19. The average Bonchev–Trinajstić information content (AvgIpc) is 3.67. The topological polar surface area (TPSA) is 101 Å². The number of nitrogens with one attached hydrogen (secondary N) is 1. The number of rotatable bonds is 7. The van der Waals surface area contributed by atoms with Crippen molar-refractivity contribution in [1.29, 1.82) is 0 Å². The van der Waals surface area contributed by atoms with E-state index in [1.807, 2.05) is 12.1 Å². The first kappa shape index (κ1) is 21.5. The molecular formula is C22H25ClN4O4S.